The molecule has 0 radical (unpaired) electrons. The molecule has 0 saturated heterocycles. The van der Waals surface area contributed by atoms with Gasteiger partial charge in [-0.25, -0.2) is 4.39 Å². The first-order chi connectivity index (χ1) is 8.63. The Morgan fingerprint density at radius 1 is 1.50 bits per heavy atom. The van der Waals surface area contributed by atoms with Gasteiger partial charge in [0.15, 0.2) is 5.76 Å². The number of nitrogens with two attached hydrogens (primary N) is 1. The van der Waals surface area contributed by atoms with Crippen LogP contribution in [0.25, 0.3) is 11.3 Å². The Bertz CT molecular complexity index is 521. The molecular formula is C13H14ClFN2O. The fourth-order valence-electron chi connectivity index (χ4n) is 1.78. The summed E-state index contributed by atoms with van der Waals surface area (Å²) in [7, 11) is 0. The maximum Gasteiger partial charge on any atom is 0.154 e. The molecule has 18 heavy (non-hydrogen) atoms. The molecule has 96 valence electrons. The third kappa shape index (κ3) is 2.54. The number of aromatic nitrogens is 1. The van der Waals surface area contributed by atoms with Crippen molar-refractivity contribution in [3.8, 4) is 11.3 Å². The van der Waals surface area contributed by atoms with Crippen molar-refractivity contribution in [2.24, 2.45) is 5.73 Å². The highest BCUT2D eigenvalue weighted by molar-refractivity contribution is 6.33. The Kier molecular flexibility index (Phi) is 3.99. The van der Waals surface area contributed by atoms with E-state index in [9.17, 15) is 4.39 Å². The van der Waals surface area contributed by atoms with Crippen LogP contribution in [-0.2, 0) is 0 Å². The molecule has 1 atom stereocenters. The normalized spacial score (nSPS) is 12.7. The highest BCUT2D eigenvalue weighted by atomic mass is 35.5. The van der Waals surface area contributed by atoms with Crippen LogP contribution in [0.5, 0.6) is 0 Å². The number of nitrogens with zero attached hydrogens (tertiary/aromatic N) is 1. The van der Waals surface area contributed by atoms with Crippen molar-refractivity contribution in [1.82, 2.24) is 5.16 Å². The molecule has 0 saturated carbocycles. The third-order valence-corrected chi connectivity index (χ3v) is 3.03. The van der Waals surface area contributed by atoms with Crippen LogP contribution in [0.1, 0.15) is 31.6 Å². The van der Waals surface area contributed by atoms with Gasteiger partial charge in [-0.15, -0.1) is 0 Å². The minimum atomic E-state index is -0.425. The van der Waals surface area contributed by atoms with Crippen molar-refractivity contribution in [3.63, 3.8) is 0 Å². The molecule has 0 aliphatic carbocycles. The quantitative estimate of drug-likeness (QED) is 0.914. The standard InChI is InChI=1S/C13H14ClFN2O/c1-2-4-10(16)12-7-11(17-18-12)13-8(14)5-3-6-9(13)15/h3,5-7,10H,2,4,16H2,1H3. The Morgan fingerprint density at radius 3 is 2.94 bits per heavy atom. The molecular weight excluding hydrogens is 255 g/mol. The SMILES string of the molecule is CCCC(N)c1cc(-c2c(F)cccc2Cl)no1. The molecule has 1 heterocycles. The minimum absolute atomic E-state index is 0.221. The van der Waals surface area contributed by atoms with Gasteiger partial charge in [-0.3, -0.25) is 0 Å². The van der Waals surface area contributed by atoms with E-state index < -0.39 is 5.82 Å². The van der Waals surface area contributed by atoms with Gasteiger partial charge >= 0.3 is 0 Å². The van der Waals surface area contributed by atoms with Crippen molar-refractivity contribution in [2.75, 3.05) is 0 Å². The Labute approximate surface area is 110 Å². The monoisotopic (exact) mass is 268 g/mol. The summed E-state index contributed by atoms with van der Waals surface area (Å²) in [5.74, 6) is 0.123. The first-order valence-electron chi connectivity index (χ1n) is 5.80. The summed E-state index contributed by atoms with van der Waals surface area (Å²) in [4.78, 5) is 0. The molecule has 1 aromatic carbocycles. The smallest absolute Gasteiger partial charge is 0.154 e. The molecule has 1 aromatic heterocycles. The zero-order valence-corrected chi connectivity index (χ0v) is 10.7. The van der Waals surface area contributed by atoms with E-state index in [0.29, 0.717) is 16.5 Å². The Morgan fingerprint density at radius 2 is 2.28 bits per heavy atom. The summed E-state index contributed by atoms with van der Waals surface area (Å²) < 4.78 is 18.8. The van der Waals surface area contributed by atoms with Crippen LogP contribution in [0.2, 0.25) is 5.02 Å². The molecule has 2 N–H and O–H groups in total. The molecule has 0 aliphatic rings. The molecule has 1 unspecified atom stereocenters. The Balaban J connectivity index is 2.35. The van der Waals surface area contributed by atoms with Gasteiger partial charge in [0.2, 0.25) is 0 Å². The lowest BCUT2D eigenvalue weighted by atomic mass is 10.1. The molecule has 0 aliphatic heterocycles. The van der Waals surface area contributed by atoms with Gasteiger partial charge in [-0.05, 0) is 18.6 Å². The summed E-state index contributed by atoms with van der Waals surface area (Å²) in [6.45, 7) is 2.03. The van der Waals surface area contributed by atoms with Crippen molar-refractivity contribution >= 4 is 11.6 Å². The predicted octanol–water partition coefficient (Wildman–Crippen LogP) is 3.93. The first kappa shape index (κ1) is 13.1. The third-order valence-electron chi connectivity index (χ3n) is 2.71. The van der Waals surface area contributed by atoms with Gasteiger partial charge in [0.05, 0.1) is 16.6 Å². The van der Waals surface area contributed by atoms with Gasteiger partial charge in [0.25, 0.3) is 0 Å². The Hall–Kier alpha value is -1.39. The van der Waals surface area contributed by atoms with E-state index in [1.807, 2.05) is 6.92 Å². The van der Waals surface area contributed by atoms with Crippen LogP contribution < -0.4 is 5.73 Å². The van der Waals surface area contributed by atoms with Crippen LogP contribution in [0.3, 0.4) is 0 Å². The predicted molar refractivity (Wildman–Crippen MR) is 68.7 cm³/mol. The summed E-state index contributed by atoms with van der Waals surface area (Å²) in [5.41, 5.74) is 6.54. The second-order valence-corrected chi connectivity index (χ2v) is 4.51. The number of benzene rings is 1. The van der Waals surface area contributed by atoms with Gasteiger partial charge in [-0.1, -0.05) is 36.2 Å². The van der Waals surface area contributed by atoms with Crippen molar-refractivity contribution in [1.29, 1.82) is 0 Å². The molecule has 2 aromatic rings. The molecule has 5 heteroatoms. The lowest BCUT2D eigenvalue weighted by Gasteiger charge is -2.03. The van der Waals surface area contributed by atoms with Gasteiger partial charge in [0.1, 0.15) is 11.5 Å². The first-order valence-corrected chi connectivity index (χ1v) is 6.17. The summed E-state index contributed by atoms with van der Waals surface area (Å²) in [5, 5.41) is 4.14. The summed E-state index contributed by atoms with van der Waals surface area (Å²) in [6, 6.07) is 5.92. The summed E-state index contributed by atoms with van der Waals surface area (Å²) >= 11 is 5.96. The highest BCUT2D eigenvalue weighted by Gasteiger charge is 2.17. The number of hydrogen-bond acceptors (Lipinski definition) is 3. The van der Waals surface area contributed by atoms with E-state index in [-0.39, 0.29) is 11.6 Å². The van der Waals surface area contributed by atoms with Crippen LogP contribution in [0, 0.1) is 5.82 Å². The maximum atomic E-state index is 13.7. The lowest BCUT2D eigenvalue weighted by molar-refractivity contribution is 0.356. The van der Waals surface area contributed by atoms with Crippen LogP contribution in [0.4, 0.5) is 4.39 Å². The zero-order valence-electron chi connectivity index (χ0n) is 9.99. The van der Waals surface area contributed by atoms with E-state index >= 15 is 0 Å². The van der Waals surface area contributed by atoms with E-state index in [1.165, 1.54) is 6.07 Å². The molecule has 0 bridgehead atoms. The number of rotatable bonds is 4. The van der Waals surface area contributed by atoms with Gasteiger partial charge < -0.3 is 10.3 Å². The van der Waals surface area contributed by atoms with Gasteiger partial charge in [0, 0.05) is 6.07 Å². The average Bonchev–Trinajstić information content (AvgIpc) is 2.78. The molecule has 3 nitrogen and oxygen atoms in total. The van der Waals surface area contributed by atoms with Crippen molar-refractivity contribution in [2.45, 2.75) is 25.8 Å². The van der Waals surface area contributed by atoms with Crippen molar-refractivity contribution < 1.29 is 8.91 Å². The summed E-state index contributed by atoms with van der Waals surface area (Å²) in [6.07, 6.45) is 1.73. The van der Waals surface area contributed by atoms with Crippen LogP contribution in [0.15, 0.2) is 28.8 Å². The van der Waals surface area contributed by atoms with E-state index in [2.05, 4.69) is 5.16 Å². The van der Waals surface area contributed by atoms with Crippen molar-refractivity contribution in [3.05, 3.63) is 40.9 Å². The molecule has 0 spiro atoms. The van der Waals surface area contributed by atoms with E-state index in [1.54, 1.807) is 18.2 Å². The fraction of sp³-hybridized carbons (Fsp3) is 0.308. The maximum absolute atomic E-state index is 13.7. The number of halogens is 2. The largest absolute Gasteiger partial charge is 0.359 e. The van der Waals surface area contributed by atoms with Crippen LogP contribution in [-0.4, -0.2) is 5.16 Å². The number of hydrogen-bond donors (Lipinski definition) is 1. The molecule has 0 fully saturated rings. The fourth-order valence-corrected chi connectivity index (χ4v) is 2.04. The molecule has 2 rings (SSSR count). The highest BCUT2D eigenvalue weighted by Crippen LogP contribution is 2.31. The van der Waals surface area contributed by atoms with E-state index in [4.69, 9.17) is 21.9 Å². The second kappa shape index (κ2) is 5.50. The second-order valence-electron chi connectivity index (χ2n) is 4.11. The van der Waals surface area contributed by atoms with Gasteiger partial charge in [-0.2, -0.15) is 0 Å². The van der Waals surface area contributed by atoms with E-state index in [0.717, 1.165) is 12.8 Å². The topological polar surface area (TPSA) is 52.0 Å². The minimum Gasteiger partial charge on any atom is -0.359 e. The van der Waals surface area contributed by atoms with Crippen LogP contribution >= 0.6 is 11.6 Å². The zero-order chi connectivity index (χ0) is 13.1. The molecule has 0 amide bonds. The lowest BCUT2D eigenvalue weighted by Crippen LogP contribution is -2.08. The average molecular weight is 269 g/mol.